The zero-order valence-electron chi connectivity index (χ0n) is 14.3. The summed E-state index contributed by atoms with van der Waals surface area (Å²) in [6, 6.07) is 18.7. The Labute approximate surface area is 146 Å². The third kappa shape index (κ3) is 3.11. The van der Waals surface area contributed by atoms with Crippen LogP contribution in [-0.2, 0) is 6.54 Å². The number of benzene rings is 2. The van der Waals surface area contributed by atoms with E-state index < -0.39 is 0 Å². The first-order chi connectivity index (χ1) is 12.2. The predicted molar refractivity (Wildman–Crippen MR) is 101 cm³/mol. The van der Waals surface area contributed by atoms with Crippen molar-refractivity contribution in [1.82, 2.24) is 9.97 Å². The van der Waals surface area contributed by atoms with Crippen LogP contribution in [0, 0.1) is 6.92 Å². The summed E-state index contributed by atoms with van der Waals surface area (Å²) in [5.74, 6) is 1.81. The van der Waals surface area contributed by atoms with E-state index in [1.807, 2.05) is 19.2 Å². The van der Waals surface area contributed by atoms with Crippen LogP contribution < -0.4 is 4.90 Å². The largest absolute Gasteiger partial charge is 0.467 e. The lowest BCUT2D eigenvalue weighted by molar-refractivity contribution is 0.507. The van der Waals surface area contributed by atoms with Gasteiger partial charge in [-0.15, -0.1) is 0 Å². The molecule has 0 amide bonds. The predicted octanol–water partition coefficient (Wildman–Crippen LogP) is 4.83. The Hall–Kier alpha value is -3.14. The number of hydrogen-bond acceptors (Lipinski definition) is 4. The van der Waals surface area contributed by atoms with Gasteiger partial charge in [0.05, 0.1) is 18.3 Å². The van der Waals surface area contributed by atoms with Gasteiger partial charge in [-0.25, -0.2) is 9.97 Å². The number of nitrogens with zero attached hydrogens (tertiary/aromatic N) is 3. The summed E-state index contributed by atoms with van der Waals surface area (Å²) in [5.41, 5.74) is 4.55. The molecule has 4 nitrogen and oxygen atoms in total. The van der Waals surface area contributed by atoms with Crippen LogP contribution in [0.4, 0.5) is 5.82 Å². The number of fused-ring (bicyclic) bond motifs is 1. The number of aromatic nitrogens is 2. The average Bonchev–Trinajstić information content (AvgIpc) is 3.13. The second kappa shape index (κ2) is 6.40. The van der Waals surface area contributed by atoms with Gasteiger partial charge in [0.15, 0.2) is 0 Å². The van der Waals surface area contributed by atoms with Crippen molar-refractivity contribution in [3.05, 3.63) is 78.5 Å². The fourth-order valence-corrected chi connectivity index (χ4v) is 3.06. The molecule has 25 heavy (non-hydrogen) atoms. The molecule has 2 aromatic heterocycles. The minimum Gasteiger partial charge on any atom is -0.467 e. The fraction of sp³-hybridized carbons (Fsp3) is 0.143. The van der Waals surface area contributed by atoms with E-state index in [0.717, 1.165) is 22.5 Å². The van der Waals surface area contributed by atoms with Crippen LogP contribution in [0.15, 0.2) is 71.6 Å². The molecule has 0 bridgehead atoms. The number of hydrogen-bond donors (Lipinski definition) is 0. The Morgan fingerprint density at radius 2 is 1.84 bits per heavy atom. The molecular weight excluding hydrogens is 310 g/mol. The molecule has 4 aromatic rings. The second-order valence-electron chi connectivity index (χ2n) is 6.23. The van der Waals surface area contributed by atoms with Crippen LogP contribution in [0.25, 0.3) is 22.0 Å². The van der Waals surface area contributed by atoms with Crippen LogP contribution >= 0.6 is 0 Å². The van der Waals surface area contributed by atoms with Crippen LogP contribution in [0.3, 0.4) is 0 Å². The Morgan fingerprint density at radius 3 is 2.64 bits per heavy atom. The van der Waals surface area contributed by atoms with E-state index in [1.54, 1.807) is 12.6 Å². The van der Waals surface area contributed by atoms with Crippen molar-refractivity contribution in [2.24, 2.45) is 0 Å². The van der Waals surface area contributed by atoms with E-state index >= 15 is 0 Å². The molecule has 0 saturated heterocycles. The quantitative estimate of drug-likeness (QED) is 0.537. The SMILES string of the molecule is Cc1cccc(-c2ccc3ncnc(N(C)Cc4ccco4)c3c2)c1. The third-order valence-electron chi connectivity index (χ3n) is 4.30. The Balaban J connectivity index is 1.78. The standard InChI is InChI=1S/C21H19N3O/c1-15-5-3-6-16(11-15)17-8-9-20-19(12-17)21(23-14-22-20)24(2)13-18-7-4-10-25-18/h3-12,14H,13H2,1-2H3. The first kappa shape index (κ1) is 15.4. The Bertz CT molecular complexity index is 1010. The molecule has 4 heteroatoms. The van der Waals surface area contributed by atoms with Gasteiger partial charge in [-0.3, -0.25) is 0 Å². The highest BCUT2D eigenvalue weighted by atomic mass is 16.3. The first-order valence-corrected chi connectivity index (χ1v) is 8.26. The van der Waals surface area contributed by atoms with Gasteiger partial charge in [-0.1, -0.05) is 35.9 Å². The first-order valence-electron chi connectivity index (χ1n) is 8.26. The third-order valence-corrected chi connectivity index (χ3v) is 4.30. The summed E-state index contributed by atoms with van der Waals surface area (Å²) < 4.78 is 5.46. The van der Waals surface area contributed by atoms with Crippen LogP contribution in [0.2, 0.25) is 0 Å². The van der Waals surface area contributed by atoms with Crippen molar-refractivity contribution in [2.45, 2.75) is 13.5 Å². The van der Waals surface area contributed by atoms with Gasteiger partial charge >= 0.3 is 0 Å². The van der Waals surface area contributed by atoms with E-state index in [4.69, 9.17) is 4.42 Å². The van der Waals surface area contributed by atoms with Gasteiger partial charge in [0.2, 0.25) is 0 Å². The molecule has 0 atom stereocenters. The van der Waals surface area contributed by atoms with Crippen LogP contribution in [-0.4, -0.2) is 17.0 Å². The van der Waals surface area contributed by atoms with Gasteiger partial charge in [0.1, 0.15) is 17.9 Å². The van der Waals surface area contributed by atoms with Crippen molar-refractivity contribution in [3.63, 3.8) is 0 Å². The molecule has 124 valence electrons. The molecule has 4 rings (SSSR count). The number of anilines is 1. The molecule has 0 unspecified atom stereocenters. The zero-order valence-corrected chi connectivity index (χ0v) is 14.3. The highest BCUT2D eigenvalue weighted by Crippen LogP contribution is 2.29. The van der Waals surface area contributed by atoms with Crippen molar-refractivity contribution in [1.29, 1.82) is 0 Å². The number of furan rings is 1. The maximum Gasteiger partial charge on any atom is 0.140 e. The highest BCUT2D eigenvalue weighted by Gasteiger charge is 2.11. The Kier molecular flexibility index (Phi) is 3.94. The van der Waals surface area contributed by atoms with Gasteiger partial charge in [0.25, 0.3) is 0 Å². The van der Waals surface area contributed by atoms with E-state index in [0.29, 0.717) is 6.54 Å². The lowest BCUT2D eigenvalue weighted by atomic mass is 10.0. The molecule has 0 aliphatic carbocycles. The second-order valence-corrected chi connectivity index (χ2v) is 6.23. The van der Waals surface area contributed by atoms with Gasteiger partial charge in [0, 0.05) is 12.4 Å². The van der Waals surface area contributed by atoms with Crippen molar-refractivity contribution >= 4 is 16.7 Å². The van der Waals surface area contributed by atoms with Crippen molar-refractivity contribution in [2.75, 3.05) is 11.9 Å². The summed E-state index contributed by atoms with van der Waals surface area (Å²) in [4.78, 5) is 11.0. The summed E-state index contributed by atoms with van der Waals surface area (Å²) in [5, 5.41) is 1.04. The molecule has 0 saturated carbocycles. The van der Waals surface area contributed by atoms with Crippen molar-refractivity contribution < 1.29 is 4.42 Å². The molecule has 2 heterocycles. The Morgan fingerprint density at radius 1 is 0.960 bits per heavy atom. The molecule has 0 aliphatic heterocycles. The fourth-order valence-electron chi connectivity index (χ4n) is 3.06. The lowest BCUT2D eigenvalue weighted by Gasteiger charge is -2.18. The van der Waals surface area contributed by atoms with Crippen molar-refractivity contribution in [3.8, 4) is 11.1 Å². The molecule has 0 aliphatic rings. The summed E-state index contributed by atoms with van der Waals surface area (Å²) in [7, 11) is 2.02. The number of rotatable bonds is 4. The zero-order chi connectivity index (χ0) is 17.2. The molecule has 0 spiro atoms. The highest BCUT2D eigenvalue weighted by molar-refractivity contribution is 5.92. The van der Waals surface area contributed by atoms with E-state index in [2.05, 4.69) is 64.3 Å². The molecular formula is C21H19N3O. The minimum atomic E-state index is 0.661. The van der Waals surface area contributed by atoms with Gasteiger partial charge in [-0.05, 0) is 42.3 Å². The number of aryl methyl sites for hydroxylation is 1. The molecule has 0 N–H and O–H groups in total. The van der Waals surface area contributed by atoms with E-state index in [9.17, 15) is 0 Å². The summed E-state index contributed by atoms with van der Waals surface area (Å²) in [6.07, 6.45) is 3.31. The normalized spacial score (nSPS) is 11.0. The lowest BCUT2D eigenvalue weighted by Crippen LogP contribution is -2.17. The maximum absolute atomic E-state index is 5.46. The summed E-state index contributed by atoms with van der Waals surface area (Å²) >= 11 is 0. The molecule has 0 fully saturated rings. The molecule has 0 radical (unpaired) electrons. The van der Waals surface area contributed by atoms with Crippen LogP contribution in [0.5, 0.6) is 0 Å². The van der Waals surface area contributed by atoms with Crippen LogP contribution in [0.1, 0.15) is 11.3 Å². The minimum absolute atomic E-state index is 0.661. The summed E-state index contributed by atoms with van der Waals surface area (Å²) in [6.45, 7) is 2.77. The van der Waals surface area contributed by atoms with E-state index in [-0.39, 0.29) is 0 Å². The average molecular weight is 329 g/mol. The van der Waals surface area contributed by atoms with E-state index in [1.165, 1.54) is 16.7 Å². The smallest absolute Gasteiger partial charge is 0.140 e. The topological polar surface area (TPSA) is 42.2 Å². The van der Waals surface area contributed by atoms with Gasteiger partial charge < -0.3 is 9.32 Å². The molecule has 2 aromatic carbocycles. The van der Waals surface area contributed by atoms with Gasteiger partial charge in [-0.2, -0.15) is 0 Å². The monoisotopic (exact) mass is 329 g/mol. The maximum atomic E-state index is 5.46.